The molecule has 1 aromatic heterocycles. The number of unbranched alkanes of at least 4 members (excludes halogenated alkanes) is 8. The smallest absolute Gasteiger partial charge is 0.330 e. The summed E-state index contributed by atoms with van der Waals surface area (Å²) in [5.41, 5.74) is 16.3. The number of rotatable bonds is 16. The van der Waals surface area contributed by atoms with E-state index >= 15 is 0 Å². The second kappa shape index (κ2) is 15.6. The fourth-order valence-electron chi connectivity index (χ4n) is 4.01. The van der Waals surface area contributed by atoms with Gasteiger partial charge in [0.25, 0.3) is 5.56 Å². The van der Waals surface area contributed by atoms with Crippen LogP contribution >= 0.6 is 0 Å². The van der Waals surface area contributed by atoms with E-state index in [4.69, 9.17) is 20.5 Å². The molecule has 1 saturated heterocycles. The van der Waals surface area contributed by atoms with Gasteiger partial charge < -0.3 is 9.47 Å². The molecule has 1 fully saturated rings. The number of hydrogen-bond acceptors (Lipinski definition) is 7. The number of hydrogen-bond donors (Lipinski definition) is 1. The van der Waals surface area contributed by atoms with Gasteiger partial charge >= 0.3 is 11.7 Å². The van der Waals surface area contributed by atoms with Crippen molar-refractivity contribution >= 4 is 5.97 Å². The number of nitrogens with one attached hydrogen (secondary N) is 1. The zero-order valence-corrected chi connectivity index (χ0v) is 20.2. The Labute approximate surface area is 203 Å². The van der Waals surface area contributed by atoms with Gasteiger partial charge in [-0.3, -0.25) is 19.1 Å². The third kappa shape index (κ3) is 9.86. The number of nitrogens with zero attached hydrogens (tertiary/aromatic N) is 7. The van der Waals surface area contributed by atoms with Crippen molar-refractivity contribution in [2.75, 3.05) is 13.2 Å². The maximum Gasteiger partial charge on any atom is 0.330 e. The zero-order valence-electron chi connectivity index (χ0n) is 20.2. The Balaban J connectivity index is 1.65. The largest absolute Gasteiger partial charge is 0.463 e. The summed E-state index contributed by atoms with van der Waals surface area (Å²) in [6, 6.07) is -0.601. The number of ether oxygens (including phenoxy) is 2. The Morgan fingerprint density at radius 3 is 2.43 bits per heavy atom. The molecule has 0 bridgehead atoms. The first-order chi connectivity index (χ1) is 17.0. The third-order valence-corrected chi connectivity index (χ3v) is 5.97. The highest BCUT2D eigenvalue weighted by Crippen LogP contribution is 2.30. The summed E-state index contributed by atoms with van der Waals surface area (Å²) < 4.78 is 12.4. The van der Waals surface area contributed by atoms with Crippen LogP contribution in [0.5, 0.6) is 0 Å². The minimum atomic E-state index is -0.733. The number of carbonyl (C=O) groups excluding carboxylic acids is 1. The average molecular weight is 491 g/mol. The fraction of sp³-hybridized carbons (Fsp3) is 0.773. The van der Waals surface area contributed by atoms with Crippen molar-refractivity contribution in [2.45, 2.75) is 95.9 Å². The van der Waals surface area contributed by atoms with Crippen molar-refractivity contribution < 1.29 is 14.3 Å². The van der Waals surface area contributed by atoms with E-state index < -0.39 is 29.6 Å². The van der Waals surface area contributed by atoms with E-state index in [-0.39, 0.29) is 19.0 Å². The Morgan fingerprint density at radius 1 is 1.11 bits per heavy atom. The minimum absolute atomic E-state index is 0.0736. The molecule has 13 heteroatoms. The molecular weight excluding hydrogens is 456 g/mol. The lowest BCUT2D eigenvalue weighted by atomic mass is 10.1. The van der Waals surface area contributed by atoms with Gasteiger partial charge in [-0.15, -0.1) is 0 Å². The van der Waals surface area contributed by atoms with E-state index in [0.717, 1.165) is 57.8 Å². The molecule has 192 valence electrons. The second-order valence-corrected chi connectivity index (χ2v) is 8.69. The van der Waals surface area contributed by atoms with Crippen LogP contribution in [-0.4, -0.2) is 40.8 Å². The van der Waals surface area contributed by atoms with Gasteiger partial charge in [-0.1, -0.05) is 55.2 Å². The summed E-state index contributed by atoms with van der Waals surface area (Å²) in [5, 5.41) is 7.24. The van der Waals surface area contributed by atoms with Crippen LogP contribution < -0.4 is 11.2 Å². The molecule has 0 aliphatic carbocycles. The molecule has 0 spiro atoms. The fourth-order valence-corrected chi connectivity index (χ4v) is 4.01. The van der Waals surface area contributed by atoms with E-state index in [1.165, 1.54) is 10.8 Å². The van der Waals surface area contributed by atoms with E-state index in [1.807, 2.05) is 0 Å². The predicted octanol–water partition coefficient (Wildman–Crippen LogP) is 4.57. The molecule has 0 aromatic carbocycles. The molecule has 13 nitrogen and oxygen atoms in total. The predicted molar refractivity (Wildman–Crippen MR) is 129 cm³/mol. The molecule has 1 aliphatic rings. The number of aromatic amines is 1. The molecule has 35 heavy (non-hydrogen) atoms. The van der Waals surface area contributed by atoms with Gasteiger partial charge in [-0.2, -0.15) is 0 Å². The monoisotopic (exact) mass is 490 g/mol. The van der Waals surface area contributed by atoms with Gasteiger partial charge in [-0.05, 0) is 30.8 Å². The summed E-state index contributed by atoms with van der Waals surface area (Å²) in [6.45, 7) is 2.07. The number of azide groups is 2. The molecule has 1 aromatic rings. The molecule has 2 heterocycles. The first-order valence-corrected chi connectivity index (χ1v) is 12.1. The van der Waals surface area contributed by atoms with E-state index in [9.17, 15) is 14.4 Å². The standard InChI is InChI=1S/C22H34N8O5/c1-16-14-30(22(33)26-21(16)32)19-13-17(27-29-24)18(35-19)15-34-20(31)11-9-7-5-3-2-4-6-8-10-12-25-28-23/h14,17-19H,2-13,15H2,1H3,(H,26,32,33)/t17-,18+,19+/m0/s1. The number of aryl methyl sites for hydroxylation is 1. The summed E-state index contributed by atoms with van der Waals surface area (Å²) in [7, 11) is 0. The molecule has 2 rings (SSSR count). The molecule has 1 N–H and O–H groups in total. The van der Waals surface area contributed by atoms with Crippen molar-refractivity contribution in [3.63, 3.8) is 0 Å². The molecule has 0 saturated carbocycles. The van der Waals surface area contributed by atoms with Crippen LogP contribution in [0.2, 0.25) is 0 Å². The molecular formula is C22H34N8O5. The van der Waals surface area contributed by atoms with Gasteiger partial charge in [-0.25, -0.2) is 4.79 Å². The van der Waals surface area contributed by atoms with Crippen LogP contribution in [0, 0.1) is 6.92 Å². The quantitative estimate of drug-likeness (QED) is 0.117. The summed E-state index contributed by atoms with van der Waals surface area (Å²) in [4.78, 5) is 43.6. The van der Waals surface area contributed by atoms with Gasteiger partial charge in [0.15, 0.2) is 0 Å². The molecule has 1 aliphatic heterocycles. The van der Waals surface area contributed by atoms with Crippen LogP contribution in [-0.2, 0) is 14.3 Å². The van der Waals surface area contributed by atoms with Crippen molar-refractivity contribution in [1.82, 2.24) is 9.55 Å². The Kier molecular flexibility index (Phi) is 12.5. The zero-order chi connectivity index (χ0) is 25.5. The number of esters is 1. The minimum Gasteiger partial charge on any atom is -0.463 e. The van der Waals surface area contributed by atoms with Gasteiger partial charge in [0, 0.05) is 41.0 Å². The lowest BCUT2D eigenvalue weighted by Gasteiger charge is -2.17. The van der Waals surface area contributed by atoms with Crippen LogP contribution in [0.3, 0.4) is 0 Å². The van der Waals surface area contributed by atoms with Gasteiger partial charge in [0.1, 0.15) is 18.9 Å². The summed E-state index contributed by atoms with van der Waals surface area (Å²) >= 11 is 0. The highest BCUT2D eigenvalue weighted by molar-refractivity contribution is 5.69. The first kappa shape index (κ1) is 28.0. The van der Waals surface area contributed by atoms with Crippen molar-refractivity contribution in [3.8, 4) is 0 Å². The van der Waals surface area contributed by atoms with Gasteiger partial charge in [0.2, 0.25) is 0 Å². The number of carbonyl (C=O) groups is 1. The maximum absolute atomic E-state index is 12.1. The Bertz CT molecular complexity index is 1030. The highest BCUT2D eigenvalue weighted by atomic mass is 16.6. The SMILES string of the molecule is Cc1cn([C@H]2C[C@H](N=[N+]=[N-])[C@@H](COC(=O)CCCCCCCCCCCN=[N+]=[N-])O2)c(=O)[nH]c1=O. The third-order valence-electron chi connectivity index (χ3n) is 5.97. The highest BCUT2D eigenvalue weighted by Gasteiger charge is 2.37. The second-order valence-electron chi connectivity index (χ2n) is 8.69. The summed E-state index contributed by atoms with van der Waals surface area (Å²) in [6.07, 6.45) is 9.89. The van der Waals surface area contributed by atoms with Crippen LogP contribution in [0.25, 0.3) is 20.9 Å². The van der Waals surface area contributed by atoms with Gasteiger partial charge in [0.05, 0.1) is 6.04 Å². The van der Waals surface area contributed by atoms with E-state index in [1.54, 1.807) is 6.92 Å². The van der Waals surface area contributed by atoms with Crippen LogP contribution in [0.15, 0.2) is 26.0 Å². The Hall–Kier alpha value is -3.27. The summed E-state index contributed by atoms with van der Waals surface area (Å²) in [5.74, 6) is -0.339. The van der Waals surface area contributed by atoms with Crippen molar-refractivity contribution in [1.29, 1.82) is 0 Å². The lowest BCUT2D eigenvalue weighted by Crippen LogP contribution is -2.33. The topological polar surface area (TPSA) is 188 Å². The molecule has 0 unspecified atom stereocenters. The number of aromatic nitrogens is 2. The van der Waals surface area contributed by atoms with E-state index in [2.05, 4.69) is 25.0 Å². The Morgan fingerprint density at radius 2 is 1.77 bits per heavy atom. The molecule has 0 amide bonds. The average Bonchev–Trinajstić information content (AvgIpc) is 3.23. The first-order valence-electron chi connectivity index (χ1n) is 12.1. The van der Waals surface area contributed by atoms with E-state index in [0.29, 0.717) is 18.5 Å². The maximum atomic E-state index is 12.1. The van der Waals surface area contributed by atoms with Crippen molar-refractivity contribution in [2.24, 2.45) is 10.2 Å². The molecule has 3 atom stereocenters. The van der Waals surface area contributed by atoms with Crippen LogP contribution in [0.4, 0.5) is 0 Å². The van der Waals surface area contributed by atoms with Crippen LogP contribution in [0.1, 0.15) is 82.4 Å². The van der Waals surface area contributed by atoms with Crippen molar-refractivity contribution in [3.05, 3.63) is 53.5 Å². The molecule has 0 radical (unpaired) electrons. The normalized spacial score (nSPS) is 19.1. The lowest BCUT2D eigenvalue weighted by molar-refractivity contribution is -0.148. The number of H-pyrrole nitrogens is 1.